The first kappa shape index (κ1) is 13.6. The molecule has 1 aromatic carbocycles. The van der Waals surface area contributed by atoms with Gasteiger partial charge in [0.15, 0.2) is 0 Å². The number of nitrogens with zero attached hydrogens (tertiary/aromatic N) is 1. The van der Waals surface area contributed by atoms with E-state index in [9.17, 15) is 4.79 Å². The van der Waals surface area contributed by atoms with Gasteiger partial charge in [-0.2, -0.15) is 0 Å². The zero-order chi connectivity index (χ0) is 14.0. The molecular formula is C15H19NO3. The van der Waals surface area contributed by atoms with Crippen molar-refractivity contribution >= 4 is 11.7 Å². The summed E-state index contributed by atoms with van der Waals surface area (Å²) in [6.45, 7) is 6.23. The van der Waals surface area contributed by atoms with Crippen molar-refractivity contribution < 1.29 is 14.4 Å². The quantitative estimate of drug-likeness (QED) is 0.786. The molecule has 0 aromatic heterocycles. The van der Waals surface area contributed by atoms with Crippen molar-refractivity contribution in [3.63, 3.8) is 0 Å². The predicted molar refractivity (Wildman–Crippen MR) is 73.1 cm³/mol. The van der Waals surface area contributed by atoms with Crippen LogP contribution in [0, 0.1) is 5.92 Å². The van der Waals surface area contributed by atoms with Crippen molar-refractivity contribution in [1.29, 1.82) is 0 Å². The van der Waals surface area contributed by atoms with Gasteiger partial charge in [-0.1, -0.05) is 50.2 Å². The Bertz CT molecular complexity index is 491. The fourth-order valence-corrected chi connectivity index (χ4v) is 2.15. The summed E-state index contributed by atoms with van der Waals surface area (Å²) in [5, 5.41) is 4.03. The minimum Gasteiger partial charge on any atom is -0.466 e. The van der Waals surface area contributed by atoms with Gasteiger partial charge in [-0.25, -0.2) is 4.79 Å². The second-order valence-corrected chi connectivity index (χ2v) is 5.09. The third-order valence-electron chi connectivity index (χ3n) is 3.46. The number of carbonyl (C=O) groups excluding carboxylic acids is 1. The zero-order valence-electron chi connectivity index (χ0n) is 11.7. The highest BCUT2D eigenvalue weighted by Crippen LogP contribution is 2.25. The second kappa shape index (κ2) is 5.43. The van der Waals surface area contributed by atoms with Gasteiger partial charge in [-0.3, -0.25) is 0 Å². The van der Waals surface area contributed by atoms with Crippen molar-refractivity contribution in [2.45, 2.75) is 32.8 Å². The topological polar surface area (TPSA) is 47.9 Å². The van der Waals surface area contributed by atoms with E-state index < -0.39 is 6.10 Å². The number of hydrogen-bond donors (Lipinski definition) is 0. The van der Waals surface area contributed by atoms with Gasteiger partial charge in [-0.15, -0.1) is 0 Å². The highest BCUT2D eigenvalue weighted by Gasteiger charge is 2.37. The molecule has 2 rings (SSSR count). The van der Waals surface area contributed by atoms with E-state index in [-0.39, 0.29) is 11.9 Å². The number of methoxy groups -OCH3 is 1. The van der Waals surface area contributed by atoms with Crippen molar-refractivity contribution in [3.05, 3.63) is 35.4 Å². The molecule has 0 aliphatic carbocycles. The van der Waals surface area contributed by atoms with Crippen LogP contribution in [0.2, 0.25) is 0 Å². The third kappa shape index (κ3) is 2.62. The number of esters is 1. The minimum atomic E-state index is -0.634. The Labute approximate surface area is 113 Å². The van der Waals surface area contributed by atoms with Crippen LogP contribution < -0.4 is 0 Å². The van der Waals surface area contributed by atoms with E-state index >= 15 is 0 Å². The van der Waals surface area contributed by atoms with Gasteiger partial charge in [0.2, 0.25) is 6.10 Å². The summed E-state index contributed by atoms with van der Waals surface area (Å²) in [6, 6.07) is 8.21. The minimum absolute atomic E-state index is 0.0997. The number of ether oxygens (including phenoxy) is 1. The molecule has 2 atom stereocenters. The molecule has 4 nitrogen and oxygen atoms in total. The molecule has 0 unspecified atom stereocenters. The van der Waals surface area contributed by atoms with Crippen LogP contribution in [-0.4, -0.2) is 24.9 Å². The molecule has 0 N–H and O–H groups in total. The number of benzene rings is 1. The highest BCUT2D eigenvalue weighted by molar-refractivity contribution is 6.05. The zero-order valence-corrected chi connectivity index (χ0v) is 11.7. The van der Waals surface area contributed by atoms with Crippen LogP contribution in [0.3, 0.4) is 0 Å². The monoisotopic (exact) mass is 261 g/mol. The molecule has 0 radical (unpaired) electrons. The van der Waals surface area contributed by atoms with Gasteiger partial charge in [0.1, 0.15) is 0 Å². The Morgan fingerprint density at radius 3 is 2.47 bits per heavy atom. The second-order valence-electron chi connectivity index (χ2n) is 5.09. The molecule has 0 spiro atoms. The van der Waals surface area contributed by atoms with Crippen LogP contribution in [-0.2, 0) is 14.4 Å². The molecule has 0 bridgehead atoms. The Kier molecular flexibility index (Phi) is 3.88. The number of oxime groups is 1. The first-order valence-electron chi connectivity index (χ1n) is 6.46. The molecule has 1 aliphatic heterocycles. The molecule has 0 fully saturated rings. The lowest BCUT2D eigenvalue weighted by molar-refractivity contribution is -0.154. The molecular weight excluding hydrogens is 242 g/mol. The molecule has 102 valence electrons. The van der Waals surface area contributed by atoms with Crippen LogP contribution in [0.5, 0.6) is 0 Å². The normalized spacial score (nSPS) is 22.1. The van der Waals surface area contributed by atoms with E-state index in [0.29, 0.717) is 5.92 Å². The number of carbonyl (C=O) groups is 1. The summed E-state index contributed by atoms with van der Waals surface area (Å²) in [5.74, 6) is 0.0125. The SMILES string of the molecule is COC(=O)[C@@H]1ON=C(c2ccc(C(C)C)cc2)[C@H]1C. The van der Waals surface area contributed by atoms with Crippen LogP contribution in [0.4, 0.5) is 0 Å². The van der Waals surface area contributed by atoms with E-state index in [2.05, 4.69) is 31.1 Å². The van der Waals surface area contributed by atoms with Crippen LogP contribution in [0.1, 0.15) is 37.8 Å². The van der Waals surface area contributed by atoms with E-state index in [1.54, 1.807) is 0 Å². The van der Waals surface area contributed by atoms with Gasteiger partial charge in [0.25, 0.3) is 0 Å². The van der Waals surface area contributed by atoms with Gasteiger partial charge >= 0.3 is 5.97 Å². The lowest BCUT2D eigenvalue weighted by Gasteiger charge is -2.12. The Morgan fingerprint density at radius 1 is 1.32 bits per heavy atom. The number of hydrogen-bond acceptors (Lipinski definition) is 4. The fourth-order valence-electron chi connectivity index (χ4n) is 2.15. The van der Waals surface area contributed by atoms with E-state index in [1.807, 2.05) is 19.1 Å². The third-order valence-corrected chi connectivity index (χ3v) is 3.46. The van der Waals surface area contributed by atoms with Crippen molar-refractivity contribution in [2.75, 3.05) is 7.11 Å². The fraction of sp³-hybridized carbons (Fsp3) is 0.467. The molecule has 1 heterocycles. The average Bonchev–Trinajstić information content (AvgIpc) is 2.80. The Hall–Kier alpha value is -1.84. The molecule has 19 heavy (non-hydrogen) atoms. The Balaban J connectivity index is 2.17. The Morgan fingerprint density at radius 2 is 1.95 bits per heavy atom. The first-order valence-corrected chi connectivity index (χ1v) is 6.46. The average molecular weight is 261 g/mol. The van der Waals surface area contributed by atoms with Gasteiger partial charge < -0.3 is 9.57 Å². The predicted octanol–water partition coefficient (Wildman–Crippen LogP) is 2.72. The largest absolute Gasteiger partial charge is 0.466 e. The van der Waals surface area contributed by atoms with Gasteiger partial charge in [-0.05, 0) is 17.0 Å². The molecule has 0 amide bonds. The highest BCUT2D eigenvalue weighted by atomic mass is 16.7. The first-order chi connectivity index (χ1) is 9.04. The van der Waals surface area contributed by atoms with Crippen molar-refractivity contribution in [2.24, 2.45) is 11.1 Å². The van der Waals surface area contributed by atoms with Gasteiger partial charge in [0.05, 0.1) is 18.7 Å². The summed E-state index contributed by atoms with van der Waals surface area (Å²) >= 11 is 0. The van der Waals surface area contributed by atoms with E-state index in [4.69, 9.17) is 9.57 Å². The maximum absolute atomic E-state index is 11.5. The van der Waals surface area contributed by atoms with Crippen molar-refractivity contribution in [1.82, 2.24) is 0 Å². The summed E-state index contributed by atoms with van der Waals surface area (Å²) in [6.07, 6.45) is -0.634. The summed E-state index contributed by atoms with van der Waals surface area (Å²) in [7, 11) is 1.35. The standard InChI is InChI=1S/C15H19NO3/c1-9(2)11-5-7-12(8-6-11)13-10(3)14(19-16-13)15(17)18-4/h5-10,14H,1-4H3/t10-,14-/m1/s1. The molecule has 4 heteroatoms. The summed E-state index contributed by atoms with van der Waals surface area (Å²) in [4.78, 5) is 16.7. The van der Waals surface area contributed by atoms with Crippen LogP contribution >= 0.6 is 0 Å². The lowest BCUT2D eigenvalue weighted by Crippen LogP contribution is -2.30. The van der Waals surface area contributed by atoms with Crippen LogP contribution in [0.25, 0.3) is 0 Å². The molecule has 0 saturated heterocycles. The maximum Gasteiger partial charge on any atom is 0.350 e. The lowest BCUT2D eigenvalue weighted by atomic mass is 9.92. The van der Waals surface area contributed by atoms with Gasteiger partial charge in [0, 0.05) is 0 Å². The van der Waals surface area contributed by atoms with Crippen molar-refractivity contribution in [3.8, 4) is 0 Å². The molecule has 1 aromatic rings. The van der Waals surface area contributed by atoms with Crippen LogP contribution in [0.15, 0.2) is 29.4 Å². The summed E-state index contributed by atoms with van der Waals surface area (Å²) < 4.78 is 4.70. The molecule has 0 saturated carbocycles. The number of rotatable bonds is 3. The smallest absolute Gasteiger partial charge is 0.350 e. The molecule has 1 aliphatic rings. The summed E-state index contributed by atoms with van der Waals surface area (Å²) in [5.41, 5.74) is 3.06. The maximum atomic E-state index is 11.5. The van der Waals surface area contributed by atoms with E-state index in [1.165, 1.54) is 12.7 Å². The van der Waals surface area contributed by atoms with E-state index in [0.717, 1.165) is 11.3 Å².